The van der Waals surface area contributed by atoms with Gasteiger partial charge in [-0.1, -0.05) is 42.5 Å². The van der Waals surface area contributed by atoms with Gasteiger partial charge in [0.15, 0.2) is 6.20 Å². The Morgan fingerprint density at radius 3 is 2.48 bits per heavy atom. The summed E-state index contributed by atoms with van der Waals surface area (Å²) in [5.74, 6) is -0.348. The highest BCUT2D eigenvalue weighted by molar-refractivity contribution is 6.05. The summed E-state index contributed by atoms with van der Waals surface area (Å²) in [5, 5.41) is 2.95. The Morgan fingerprint density at radius 2 is 1.70 bits per heavy atom. The Balaban J connectivity index is 1.80. The minimum Gasteiger partial charge on any atom is -0.324 e. The van der Waals surface area contributed by atoms with E-state index in [1.54, 1.807) is 4.90 Å². The Bertz CT molecular complexity index is 1000. The molecule has 2 heterocycles. The third-order valence-electron chi connectivity index (χ3n) is 4.75. The molecule has 1 aliphatic heterocycles. The van der Waals surface area contributed by atoms with Gasteiger partial charge in [-0.05, 0) is 30.7 Å². The van der Waals surface area contributed by atoms with Crippen LogP contribution >= 0.6 is 0 Å². The van der Waals surface area contributed by atoms with Crippen LogP contribution in [0.25, 0.3) is 0 Å². The third-order valence-corrected chi connectivity index (χ3v) is 4.75. The van der Waals surface area contributed by atoms with Crippen LogP contribution in [0.5, 0.6) is 0 Å². The number of amides is 2. The van der Waals surface area contributed by atoms with E-state index in [1.807, 2.05) is 90.5 Å². The number of fused-ring (bicyclic) bond motifs is 1. The second-order valence-corrected chi connectivity index (χ2v) is 6.56. The molecule has 0 radical (unpaired) electrons. The lowest BCUT2D eigenvalue weighted by atomic mass is 10.0. The van der Waals surface area contributed by atoms with Gasteiger partial charge >= 0.3 is 0 Å². The van der Waals surface area contributed by atoms with Gasteiger partial charge < -0.3 is 5.32 Å². The molecule has 1 aromatic heterocycles. The number of nitrogens with one attached hydrogen (secondary N) is 1. The predicted octanol–water partition coefficient (Wildman–Crippen LogP) is 3.01. The van der Waals surface area contributed by atoms with Gasteiger partial charge in [0, 0.05) is 23.5 Å². The molecule has 0 unspecified atom stereocenters. The second kappa shape index (κ2) is 7.03. The number of para-hydroxylation sites is 2. The van der Waals surface area contributed by atoms with Gasteiger partial charge in [0.25, 0.3) is 11.8 Å². The average Bonchev–Trinajstić information content (AvgIpc) is 2.68. The van der Waals surface area contributed by atoms with Gasteiger partial charge in [-0.3, -0.25) is 14.5 Å². The molecular weight excluding hydrogens is 338 g/mol. The zero-order valence-corrected chi connectivity index (χ0v) is 15.0. The molecule has 3 aromatic rings. The van der Waals surface area contributed by atoms with Crippen LogP contribution in [0.15, 0.2) is 79.0 Å². The van der Waals surface area contributed by atoms with Crippen LogP contribution in [-0.2, 0) is 16.1 Å². The number of carbonyl (C=O) groups excluding carboxylic acids is 2. The molecule has 0 spiro atoms. The van der Waals surface area contributed by atoms with Crippen LogP contribution < -0.4 is 14.8 Å². The van der Waals surface area contributed by atoms with Gasteiger partial charge in [0.2, 0.25) is 18.3 Å². The third kappa shape index (κ3) is 3.19. The molecule has 2 amide bonds. The summed E-state index contributed by atoms with van der Waals surface area (Å²) in [5.41, 5.74) is 3.19. The van der Waals surface area contributed by atoms with Crippen molar-refractivity contribution in [2.24, 2.45) is 0 Å². The van der Waals surface area contributed by atoms with E-state index in [9.17, 15) is 9.59 Å². The van der Waals surface area contributed by atoms with Crippen molar-refractivity contribution in [2.45, 2.75) is 19.5 Å². The maximum absolute atomic E-state index is 13.3. The van der Waals surface area contributed by atoms with Crippen molar-refractivity contribution in [1.82, 2.24) is 0 Å². The Morgan fingerprint density at radius 1 is 1.00 bits per heavy atom. The fourth-order valence-corrected chi connectivity index (χ4v) is 3.47. The lowest BCUT2D eigenvalue weighted by Gasteiger charge is -2.33. The van der Waals surface area contributed by atoms with Crippen molar-refractivity contribution in [2.75, 3.05) is 10.2 Å². The van der Waals surface area contributed by atoms with Crippen molar-refractivity contribution in [3.63, 3.8) is 0 Å². The summed E-state index contributed by atoms with van der Waals surface area (Å²) >= 11 is 0. The number of aromatic nitrogens is 1. The van der Waals surface area contributed by atoms with Gasteiger partial charge in [0.05, 0.1) is 0 Å². The molecule has 0 fully saturated rings. The maximum atomic E-state index is 13.3. The molecule has 0 saturated carbocycles. The zero-order valence-electron chi connectivity index (χ0n) is 15.0. The molecule has 0 saturated heterocycles. The monoisotopic (exact) mass is 358 g/mol. The topological polar surface area (TPSA) is 53.3 Å². The van der Waals surface area contributed by atoms with Crippen LogP contribution in [-0.4, -0.2) is 11.8 Å². The highest BCUT2D eigenvalue weighted by Gasteiger charge is 2.44. The highest BCUT2D eigenvalue weighted by atomic mass is 16.2. The molecule has 5 heteroatoms. The smallest absolute Gasteiger partial charge is 0.294 e. The molecule has 5 nitrogen and oxygen atoms in total. The average molecular weight is 358 g/mol. The van der Waals surface area contributed by atoms with Crippen LogP contribution in [0.1, 0.15) is 17.3 Å². The number of carbonyl (C=O) groups is 2. The zero-order chi connectivity index (χ0) is 18.8. The lowest BCUT2D eigenvalue weighted by Crippen LogP contribution is -2.58. The summed E-state index contributed by atoms with van der Waals surface area (Å²) in [6.07, 6.45) is 1.84. The summed E-state index contributed by atoms with van der Waals surface area (Å²) in [6, 6.07) is 21.8. The first-order valence-electron chi connectivity index (χ1n) is 8.87. The highest BCUT2D eigenvalue weighted by Crippen LogP contribution is 2.31. The van der Waals surface area contributed by atoms with Crippen molar-refractivity contribution in [3.8, 4) is 0 Å². The van der Waals surface area contributed by atoms with Gasteiger partial charge in [-0.25, -0.2) is 0 Å². The van der Waals surface area contributed by atoms with E-state index in [0.717, 1.165) is 16.9 Å². The van der Waals surface area contributed by atoms with Crippen LogP contribution in [0.2, 0.25) is 0 Å². The summed E-state index contributed by atoms with van der Waals surface area (Å²) < 4.78 is 1.84. The molecule has 1 N–H and O–H groups in total. The summed E-state index contributed by atoms with van der Waals surface area (Å²) in [6.45, 7) is 2.15. The number of hydrogen-bond donors (Lipinski definition) is 1. The number of hydrogen-bond acceptors (Lipinski definition) is 2. The number of aryl methyl sites for hydroxylation is 1. The fraction of sp³-hybridized carbons (Fsp3) is 0.136. The first-order chi connectivity index (χ1) is 13.1. The van der Waals surface area contributed by atoms with Crippen LogP contribution in [0.4, 0.5) is 11.4 Å². The molecule has 4 rings (SSSR count). The Kier molecular flexibility index (Phi) is 4.42. The molecule has 0 bridgehead atoms. The number of nitrogens with zero attached hydrogens (tertiary/aromatic N) is 2. The van der Waals surface area contributed by atoms with Gasteiger partial charge in [-0.15, -0.1) is 0 Å². The molecule has 0 aliphatic carbocycles. The number of pyridine rings is 1. The largest absolute Gasteiger partial charge is 0.324 e. The van der Waals surface area contributed by atoms with Crippen molar-refractivity contribution in [3.05, 3.63) is 90.3 Å². The Labute approximate surface area is 157 Å². The second-order valence-electron chi connectivity index (χ2n) is 6.56. The van der Waals surface area contributed by atoms with Crippen molar-refractivity contribution >= 4 is 23.2 Å². The number of anilines is 2. The quantitative estimate of drug-likeness (QED) is 0.732. The predicted molar refractivity (Wildman–Crippen MR) is 103 cm³/mol. The van der Waals surface area contributed by atoms with E-state index in [4.69, 9.17) is 0 Å². The lowest BCUT2D eigenvalue weighted by molar-refractivity contribution is -0.695. The first kappa shape index (κ1) is 17.0. The minimum absolute atomic E-state index is 0.110. The number of benzene rings is 2. The van der Waals surface area contributed by atoms with E-state index in [1.165, 1.54) is 0 Å². The van der Waals surface area contributed by atoms with Crippen molar-refractivity contribution in [1.29, 1.82) is 0 Å². The minimum atomic E-state index is -0.742. The summed E-state index contributed by atoms with van der Waals surface area (Å²) in [4.78, 5) is 27.9. The van der Waals surface area contributed by atoms with E-state index in [-0.39, 0.29) is 18.4 Å². The molecule has 2 aromatic carbocycles. The maximum Gasteiger partial charge on any atom is 0.294 e. The fourth-order valence-electron chi connectivity index (χ4n) is 3.47. The van der Waals surface area contributed by atoms with Gasteiger partial charge in [0.1, 0.15) is 0 Å². The van der Waals surface area contributed by atoms with E-state index in [2.05, 4.69) is 5.32 Å². The molecule has 27 heavy (non-hydrogen) atoms. The Hall–Kier alpha value is -3.47. The van der Waals surface area contributed by atoms with Gasteiger partial charge in [-0.2, -0.15) is 4.57 Å². The van der Waals surface area contributed by atoms with Crippen LogP contribution in [0, 0.1) is 6.92 Å². The standard InChI is InChI=1S/C22H19N3O2/c1-16-9-5-6-12-18(16)25-20(26)15-24-14-8-7-13-19(24)21(25)22(27)23-17-10-3-2-4-11-17/h2-14,21H,15H2,1H3/p+1/t21-/m1/s1. The first-order valence-corrected chi connectivity index (χ1v) is 8.87. The molecule has 134 valence electrons. The van der Waals surface area contributed by atoms with E-state index >= 15 is 0 Å². The normalized spacial score (nSPS) is 16.0. The van der Waals surface area contributed by atoms with E-state index in [0.29, 0.717) is 5.69 Å². The molecular formula is C22H20N3O2+. The van der Waals surface area contributed by atoms with E-state index < -0.39 is 6.04 Å². The van der Waals surface area contributed by atoms with Crippen LogP contribution in [0.3, 0.4) is 0 Å². The summed E-state index contributed by atoms with van der Waals surface area (Å²) in [7, 11) is 0. The molecule has 1 atom stereocenters. The molecule has 1 aliphatic rings. The SMILES string of the molecule is Cc1ccccc1N1C(=O)C[n+]2ccccc2[C@@H]1C(=O)Nc1ccccc1. The van der Waals surface area contributed by atoms with Crippen molar-refractivity contribution < 1.29 is 14.2 Å². The number of rotatable bonds is 3.